The second-order valence-corrected chi connectivity index (χ2v) is 11.4. The molecule has 1 fully saturated rings. The lowest BCUT2D eigenvalue weighted by atomic mass is 9.82. The normalized spacial score (nSPS) is 19.3. The molecule has 0 amide bonds. The molecular formula is C28H29O2P. The van der Waals surface area contributed by atoms with E-state index in [1.165, 1.54) is 16.4 Å². The maximum absolute atomic E-state index is 12.9. The first-order valence-corrected chi connectivity index (χ1v) is 12.3. The Labute approximate surface area is 186 Å². The molecule has 2 nitrogen and oxygen atoms in total. The van der Waals surface area contributed by atoms with Gasteiger partial charge >= 0.3 is 5.97 Å². The molecular weight excluding hydrogens is 399 g/mol. The van der Waals surface area contributed by atoms with Crippen molar-refractivity contribution in [2.24, 2.45) is 0 Å². The van der Waals surface area contributed by atoms with Crippen molar-refractivity contribution in [1.29, 1.82) is 0 Å². The Morgan fingerprint density at radius 2 is 1.32 bits per heavy atom. The highest BCUT2D eigenvalue weighted by Crippen LogP contribution is 2.68. The van der Waals surface area contributed by atoms with Gasteiger partial charge in [-0.3, -0.25) is 0 Å². The zero-order valence-electron chi connectivity index (χ0n) is 18.4. The number of carbonyl (C=O) groups excluding carboxylic acids is 1. The van der Waals surface area contributed by atoms with Gasteiger partial charge in [0.15, 0.2) is 0 Å². The number of hydrogen-bond donors (Lipinski definition) is 0. The van der Waals surface area contributed by atoms with Crippen LogP contribution in [0, 0.1) is 0 Å². The summed E-state index contributed by atoms with van der Waals surface area (Å²) < 4.78 is 5.70. The summed E-state index contributed by atoms with van der Waals surface area (Å²) in [6.45, 7) is 5.74. The Balaban J connectivity index is 1.96. The summed E-state index contributed by atoms with van der Waals surface area (Å²) in [6.07, 6.45) is 3.69. The molecule has 1 heterocycles. The van der Waals surface area contributed by atoms with Gasteiger partial charge in [0.2, 0.25) is 0 Å². The third kappa shape index (κ3) is 4.36. The molecule has 0 aliphatic carbocycles. The fraction of sp³-hybridized carbons (Fsp3) is 0.250. The Morgan fingerprint density at radius 1 is 0.839 bits per heavy atom. The Kier molecular flexibility index (Phi) is 6.12. The van der Waals surface area contributed by atoms with E-state index in [9.17, 15) is 4.79 Å². The summed E-state index contributed by atoms with van der Waals surface area (Å²) in [6, 6.07) is 32.1. The molecule has 3 aromatic carbocycles. The van der Waals surface area contributed by atoms with E-state index in [-0.39, 0.29) is 11.1 Å². The third-order valence-corrected chi connectivity index (χ3v) is 8.83. The summed E-state index contributed by atoms with van der Waals surface area (Å²) in [5.74, 6) is -0.261. The molecule has 3 aromatic rings. The van der Waals surface area contributed by atoms with Crippen LogP contribution in [0.5, 0.6) is 0 Å². The van der Waals surface area contributed by atoms with Crippen LogP contribution < -0.4 is 5.30 Å². The lowest BCUT2D eigenvalue weighted by molar-refractivity contribution is -0.148. The van der Waals surface area contributed by atoms with Gasteiger partial charge in [-0.2, -0.15) is 0 Å². The smallest absolute Gasteiger partial charge is 0.331 e. The van der Waals surface area contributed by atoms with E-state index in [1.807, 2.05) is 20.8 Å². The Morgan fingerprint density at radius 3 is 1.81 bits per heavy atom. The molecule has 0 bridgehead atoms. The van der Waals surface area contributed by atoms with Gasteiger partial charge in [0, 0.05) is 6.08 Å². The fourth-order valence-corrected chi connectivity index (χ4v) is 7.96. The van der Waals surface area contributed by atoms with Crippen molar-refractivity contribution in [2.45, 2.75) is 37.9 Å². The maximum Gasteiger partial charge on any atom is 0.331 e. The fourth-order valence-electron chi connectivity index (χ4n) is 4.54. The average molecular weight is 429 g/mol. The molecule has 1 saturated heterocycles. The number of carbonyl (C=O) groups is 1. The monoisotopic (exact) mass is 428 g/mol. The van der Waals surface area contributed by atoms with E-state index in [2.05, 4.69) is 91.0 Å². The molecule has 0 spiro atoms. The number of hydrogen-bond acceptors (Lipinski definition) is 2. The van der Waals surface area contributed by atoms with E-state index in [0.29, 0.717) is 0 Å². The SMILES string of the molecule is CC(C)(C)OC(=O)C=C1CCP(c2ccccc2)C1(c1ccccc1)c1ccccc1. The predicted octanol–water partition coefficient (Wildman–Crippen LogP) is 6.41. The molecule has 0 aromatic heterocycles. The highest BCUT2D eigenvalue weighted by Gasteiger charge is 2.49. The van der Waals surface area contributed by atoms with E-state index < -0.39 is 13.5 Å². The van der Waals surface area contributed by atoms with Crippen molar-refractivity contribution in [3.63, 3.8) is 0 Å². The van der Waals surface area contributed by atoms with Crippen LogP contribution in [-0.4, -0.2) is 17.7 Å². The second-order valence-electron chi connectivity index (χ2n) is 8.88. The van der Waals surface area contributed by atoms with Crippen molar-refractivity contribution >= 4 is 19.2 Å². The van der Waals surface area contributed by atoms with Crippen molar-refractivity contribution in [3.8, 4) is 0 Å². The highest BCUT2D eigenvalue weighted by molar-refractivity contribution is 7.67. The number of rotatable bonds is 4. The van der Waals surface area contributed by atoms with Gasteiger partial charge in [-0.15, -0.1) is 0 Å². The summed E-state index contributed by atoms with van der Waals surface area (Å²) >= 11 is 0. The first kappa shape index (κ1) is 21.5. The molecule has 0 radical (unpaired) electrons. The zero-order valence-corrected chi connectivity index (χ0v) is 19.3. The van der Waals surface area contributed by atoms with E-state index in [0.717, 1.165) is 18.2 Å². The van der Waals surface area contributed by atoms with E-state index >= 15 is 0 Å². The summed E-state index contributed by atoms with van der Waals surface area (Å²) in [5, 5.41) is 1.01. The first-order chi connectivity index (χ1) is 14.9. The molecule has 1 aliphatic heterocycles. The predicted molar refractivity (Wildman–Crippen MR) is 130 cm³/mol. The molecule has 1 atom stereocenters. The van der Waals surface area contributed by atoms with Gasteiger partial charge in [-0.1, -0.05) is 98.9 Å². The summed E-state index contributed by atoms with van der Waals surface area (Å²) in [7, 11) is -0.620. The molecule has 3 heteroatoms. The lowest BCUT2D eigenvalue weighted by Gasteiger charge is -2.39. The first-order valence-electron chi connectivity index (χ1n) is 10.8. The number of benzene rings is 3. The van der Waals surface area contributed by atoms with Crippen LogP contribution in [0.3, 0.4) is 0 Å². The highest BCUT2D eigenvalue weighted by atomic mass is 31.1. The number of ether oxygens (including phenoxy) is 1. The van der Waals surface area contributed by atoms with Crippen LogP contribution in [0.15, 0.2) is 103 Å². The van der Waals surface area contributed by atoms with Crippen LogP contribution in [0.4, 0.5) is 0 Å². The van der Waals surface area contributed by atoms with Gasteiger partial charge < -0.3 is 4.74 Å². The van der Waals surface area contributed by atoms with Gasteiger partial charge in [-0.05, 0) is 55.4 Å². The topological polar surface area (TPSA) is 26.3 Å². The number of esters is 1. The van der Waals surface area contributed by atoms with Crippen molar-refractivity contribution < 1.29 is 9.53 Å². The minimum Gasteiger partial charge on any atom is -0.457 e. The van der Waals surface area contributed by atoms with Gasteiger partial charge in [-0.25, -0.2) is 4.79 Å². The second kappa shape index (κ2) is 8.81. The average Bonchev–Trinajstić information content (AvgIpc) is 3.14. The van der Waals surface area contributed by atoms with E-state index in [4.69, 9.17) is 4.74 Å². The van der Waals surface area contributed by atoms with E-state index in [1.54, 1.807) is 6.08 Å². The lowest BCUT2D eigenvalue weighted by Crippen LogP contribution is -2.29. The minimum absolute atomic E-state index is 0.261. The Hall–Kier alpha value is -2.70. The zero-order chi connectivity index (χ0) is 21.9. The molecule has 31 heavy (non-hydrogen) atoms. The largest absolute Gasteiger partial charge is 0.457 e. The maximum atomic E-state index is 12.9. The van der Waals surface area contributed by atoms with Crippen LogP contribution in [0.25, 0.3) is 0 Å². The van der Waals surface area contributed by atoms with Crippen LogP contribution >= 0.6 is 7.92 Å². The van der Waals surface area contributed by atoms with Gasteiger partial charge in [0.05, 0.1) is 5.16 Å². The van der Waals surface area contributed by atoms with Gasteiger partial charge in [0.25, 0.3) is 0 Å². The summed E-state index contributed by atoms with van der Waals surface area (Å²) in [5.41, 5.74) is 3.11. The number of allylic oxidation sites excluding steroid dienone is 1. The molecule has 158 valence electrons. The third-order valence-electron chi connectivity index (χ3n) is 5.62. The van der Waals surface area contributed by atoms with Crippen molar-refractivity contribution in [3.05, 3.63) is 114 Å². The molecule has 1 aliphatic rings. The Bertz CT molecular complexity index is 1010. The van der Waals surface area contributed by atoms with Crippen LogP contribution in [0.2, 0.25) is 0 Å². The quantitative estimate of drug-likeness (QED) is 0.273. The molecule has 0 saturated carbocycles. The standard InChI is InChI=1S/C28H29O2P/c1-27(2,3)30-26(29)21-24-19-20-31(25-17-11-6-12-18-25)28(24,22-13-7-4-8-14-22)23-15-9-5-10-16-23/h4-18,21H,19-20H2,1-3H3. The van der Waals surface area contributed by atoms with Crippen molar-refractivity contribution in [2.75, 3.05) is 6.16 Å². The summed E-state index contributed by atoms with van der Waals surface area (Å²) in [4.78, 5) is 12.9. The van der Waals surface area contributed by atoms with Crippen LogP contribution in [0.1, 0.15) is 38.3 Å². The molecule has 4 rings (SSSR count). The van der Waals surface area contributed by atoms with Crippen molar-refractivity contribution in [1.82, 2.24) is 0 Å². The molecule has 1 unspecified atom stereocenters. The van der Waals surface area contributed by atoms with Crippen LogP contribution in [-0.2, 0) is 14.7 Å². The minimum atomic E-state index is -0.620. The molecule has 0 N–H and O–H groups in total. The van der Waals surface area contributed by atoms with Gasteiger partial charge in [0.1, 0.15) is 5.60 Å².